The highest BCUT2D eigenvalue weighted by molar-refractivity contribution is 5.81. The lowest BCUT2D eigenvalue weighted by molar-refractivity contribution is -0.138. The molecule has 6 nitrogen and oxygen atoms in total. The molecule has 0 spiro atoms. The topological polar surface area (TPSA) is 65.1 Å². The number of ether oxygens (including phenoxy) is 3. The van der Waals surface area contributed by atoms with Gasteiger partial charge in [0.1, 0.15) is 13.3 Å². The van der Waals surface area contributed by atoms with E-state index in [4.69, 9.17) is 14.2 Å². The Balaban J connectivity index is 3.97. The van der Waals surface area contributed by atoms with Crippen LogP contribution in [0.3, 0.4) is 0 Å². The Kier molecular flexibility index (Phi) is 7.87. The highest BCUT2D eigenvalue weighted by atomic mass is 16.6. The fraction of sp³-hybridized carbons (Fsp3) is 0.600. The predicted octanol–water partition coefficient (Wildman–Crippen LogP) is 0.778. The average molecular weight is 231 g/mol. The van der Waals surface area contributed by atoms with Crippen molar-refractivity contribution < 1.29 is 23.8 Å². The number of methoxy groups -OCH3 is 1. The molecule has 0 saturated heterocycles. The van der Waals surface area contributed by atoms with E-state index >= 15 is 0 Å². The molecule has 0 bridgehead atoms. The van der Waals surface area contributed by atoms with E-state index in [0.717, 1.165) is 6.08 Å². The Hall–Kier alpha value is -1.56. The first kappa shape index (κ1) is 14.4. The summed E-state index contributed by atoms with van der Waals surface area (Å²) in [6, 6.07) is 0. The highest BCUT2D eigenvalue weighted by Gasteiger charge is 2.14. The molecule has 0 aromatic carbocycles. The number of nitrogens with zero attached hydrogens (tertiary/aromatic N) is 1. The van der Waals surface area contributed by atoms with E-state index < -0.39 is 12.1 Å². The van der Waals surface area contributed by atoms with Gasteiger partial charge in [-0.25, -0.2) is 9.59 Å². The number of rotatable bonds is 7. The molecular weight excluding hydrogens is 214 g/mol. The van der Waals surface area contributed by atoms with Crippen LogP contribution in [-0.2, 0) is 19.0 Å². The van der Waals surface area contributed by atoms with Crippen molar-refractivity contribution in [3.8, 4) is 0 Å². The van der Waals surface area contributed by atoms with E-state index in [1.807, 2.05) is 0 Å². The highest BCUT2D eigenvalue weighted by Crippen LogP contribution is 1.95. The van der Waals surface area contributed by atoms with Crippen LogP contribution in [0.2, 0.25) is 0 Å². The summed E-state index contributed by atoms with van der Waals surface area (Å²) in [5, 5.41) is 0. The van der Waals surface area contributed by atoms with Crippen molar-refractivity contribution in [3.05, 3.63) is 12.7 Å². The zero-order valence-corrected chi connectivity index (χ0v) is 9.60. The Morgan fingerprint density at radius 2 is 2.06 bits per heavy atom. The van der Waals surface area contributed by atoms with E-state index in [1.165, 1.54) is 12.0 Å². The molecular formula is C10H17NO5. The molecule has 0 saturated carbocycles. The number of hydrogen-bond acceptors (Lipinski definition) is 5. The third-order valence-electron chi connectivity index (χ3n) is 1.58. The van der Waals surface area contributed by atoms with Crippen LogP contribution < -0.4 is 0 Å². The van der Waals surface area contributed by atoms with Crippen molar-refractivity contribution >= 4 is 12.1 Å². The lowest BCUT2D eigenvalue weighted by Crippen LogP contribution is -2.36. The summed E-state index contributed by atoms with van der Waals surface area (Å²) in [7, 11) is 1.46. The maximum Gasteiger partial charge on any atom is 0.411 e. The standard InChI is InChI=1S/C10H17NO5/c1-4-9(12)16-7-6-11(8-14-3)10(13)15-5-2/h4H,1,5-8H2,2-3H3. The second kappa shape index (κ2) is 8.72. The van der Waals surface area contributed by atoms with Gasteiger partial charge in [-0.3, -0.25) is 4.90 Å². The van der Waals surface area contributed by atoms with Crippen molar-refractivity contribution in [1.29, 1.82) is 0 Å². The van der Waals surface area contributed by atoms with Crippen LogP contribution in [0, 0.1) is 0 Å². The van der Waals surface area contributed by atoms with Crippen LogP contribution in [0.1, 0.15) is 6.92 Å². The SMILES string of the molecule is C=CC(=O)OCCN(COC)C(=O)OCC. The van der Waals surface area contributed by atoms with E-state index in [2.05, 4.69) is 6.58 Å². The van der Waals surface area contributed by atoms with Crippen LogP contribution in [0.5, 0.6) is 0 Å². The third-order valence-corrected chi connectivity index (χ3v) is 1.58. The molecule has 0 aliphatic heterocycles. The first-order chi connectivity index (χ1) is 7.65. The fourth-order valence-electron chi connectivity index (χ4n) is 0.894. The minimum Gasteiger partial charge on any atom is -0.461 e. The van der Waals surface area contributed by atoms with Gasteiger partial charge in [0.2, 0.25) is 0 Å². The van der Waals surface area contributed by atoms with Gasteiger partial charge in [-0.05, 0) is 6.92 Å². The Morgan fingerprint density at radius 1 is 1.38 bits per heavy atom. The van der Waals surface area contributed by atoms with Gasteiger partial charge < -0.3 is 14.2 Å². The number of esters is 1. The summed E-state index contributed by atoms with van der Waals surface area (Å²) in [6.45, 7) is 5.63. The molecule has 0 atom stereocenters. The molecule has 0 fully saturated rings. The molecule has 92 valence electrons. The molecule has 6 heteroatoms. The van der Waals surface area contributed by atoms with Crippen LogP contribution in [0.25, 0.3) is 0 Å². The second-order valence-electron chi connectivity index (χ2n) is 2.75. The number of carbonyl (C=O) groups is 2. The van der Waals surface area contributed by atoms with Gasteiger partial charge in [-0.15, -0.1) is 0 Å². The number of amides is 1. The van der Waals surface area contributed by atoms with E-state index in [9.17, 15) is 9.59 Å². The van der Waals surface area contributed by atoms with Crippen molar-refractivity contribution in [3.63, 3.8) is 0 Å². The molecule has 0 radical (unpaired) electrons. The van der Waals surface area contributed by atoms with Gasteiger partial charge in [0.25, 0.3) is 0 Å². The zero-order valence-electron chi connectivity index (χ0n) is 9.60. The minimum absolute atomic E-state index is 0.0764. The minimum atomic E-state index is -0.527. The van der Waals surface area contributed by atoms with Gasteiger partial charge in [-0.1, -0.05) is 6.58 Å². The predicted molar refractivity (Wildman–Crippen MR) is 56.8 cm³/mol. The van der Waals surface area contributed by atoms with E-state index in [1.54, 1.807) is 6.92 Å². The molecule has 0 unspecified atom stereocenters. The Labute approximate surface area is 94.8 Å². The molecule has 16 heavy (non-hydrogen) atoms. The maximum absolute atomic E-state index is 11.3. The molecule has 0 aromatic heterocycles. The number of hydrogen-bond donors (Lipinski definition) is 0. The van der Waals surface area contributed by atoms with Crippen molar-refractivity contribution in [1.82, 2.24) is 4.90 Å². The zero-order chi connectivity index (χ0) is 12.4. The molecule has 1 amide bonds. The summed E-state index contributed by atoms with van der Waals surface area (Å²) < 4.78 is 14.3. The second-order valence-corrected chi connectivity index (χ2v) is 2.75. The van der Waals surface area contributed by atoms with Crippen LogP contribution in [0.4, 0.5) is 4.79 Å². The Bertz CT molecular complexity index is 241. The lowest BCUT2D eigenvalue weighted by atomic mass is 10.6. The first-order valence-electron chi connectivity index (χ1n) is 4.85. The largest absolute Gasteiger partial charge is 0.461 e. The van der Waals surface area contributed by atoms with Gasteiger partial charge in [0.15, 0.2) is 0 Å². The van der Waals surface area contributed by atoms with Gasteiger partial charge in [0, 0.05) is 13.2 Å². The lowest BCUT2D eigenvalue weighted by Gasteiger charge is -2.20. The fourth-order valence-corrected chi connectivity index (χ4v) is 0.894. The van der Waals surface area contributed by atoms with Gasteiger partial charge in [0.05, 0.1) is 13.2 Å². The third kappa shape index (κ3) is 6.02. The first-order valence-corrected chi connectivity index (χ1v) is 4.85. The summed E-state index contributed by atoms with van der Waals surface area (Å²) in [4.78, 5) is 23.4. The molecule has 0 aromatic rings. The van der Waals surface area contributed by atoms with Crippen molar-refractivity contribution in [2.45, 2.75) is 6.92 Å². The van der Waals surface area contributed by atoms with E-state index in [-0.39, 0.29) is 26.5 Å². The normalized spacial score (nSPS) is 9.38. The molecule has 0 heterocycles. The van der Waals surface area contributed by atoms with Crippen LogP contribution in [0.15, 0.2) is 12.7 Å². The Morgan fingerprint density at radius 3 is 2.56 bits per heavy atom. The quantitative estimate of drug-likeness (QED) is 0.368. The number of carbonyl (C=O) groups excluding carboxylic acids is 2. The van der Waals surface area contributed by atoms with Gasteiger partial charge >= 0.3 is 12.1 Å². The average Bonchev–Trinajstić information content (AvgIpc) is 2.28. The van der Waals surface area contributed by atoms with Gasteiger partial charge in [-0.2, -0.15) is 0 Å². The molecule has 0 N–H and O–H groups in total. The van der Waals surface area contributed by atoms with Crippen LogP contribution in [-0.4, -0.2) is 50.6 Å². The van der Waals surface area contributed by atoms with E-state index in [0.29, 0.717) is 0 Å². The molecule has 0 aliphatic rings. The molecule has 0 aliphatic carbocycles. The maximum atomic E-state index is 11.3. The summed E-state index contributed by atoms with van der Waals surface area (Å²) in [5.74, 6) is -0.527. The van der Waals surface area contributed by atoms with Crippen molar-refractivity contribution in [2.24, 2.45) is 0 Å². The smallest absolute Gasteiger partial charge is 0.411 e. The summed E-state index contributed by atoms with van der Waals surface area (Å²) >= 11 is 0. The molecule has 0 rings (SSSR count). The summed E-state index contributed by atoms with van der Waals surface area (Å²) in [6.07, 6.45) is 0.560. The monoisotopic (exact) mass is 231 g/mol. The summed E-state index contributed by atoms with van der Waals surface area (Å²) in [5.41, 5.74) is 0. The van der Waals surface area contributed by atoms with Crippen molar-refractivity contribution in [2.75, 3.05) is 33.6 Å². The van der Waals surface area contributed by atoms with Crippen LogP contribution >= 0.6 is 0 Å².